The number of H-pyrrole nitrogens is 1. The molecule has 8 nitrogen and oxygen atoms in total. The Morgan fingerprint density at radius 1 is 1.43 bits per heavy atom. The van der Waals surface area contributed by atoms with E-state index in [2.05, 4.69) is 20.0 Å². The summed E-state index contributed by atoms with van der Waals surface area (Å²) in [5, 5.41) is 19.5. The molecule has 0 fully saturated rings. The van der Waals surface area contributed by atoms with E-state index in [0.717, 1.165) is 5.56 Å². The van der Waals surface area contributed by atoms with Gasteiger partial charge in [-0.15, -0.1) is 0 Å². The van der Waals surface area contributed by atoms with E-state index in [1.165, 1.54) is 0 Å². The largest absolute Gasteiger partial charge is 0.396 e. The second-order valence-corrected chi connectivity index (χ2v) is 6.44. The first-order valence-corrected chi connectivity index (χ1v) is 8.06. The maximum absolute atomic E-state index is 12.4. The Kier molecular flexibility index (Phi) is 4.76. The van der Waals surface area contributed by atoms with Crippen LogP contribution in [0.3, 0.4) is 0 Å². The summed E-state index contributed by atoms with van der Waals surface area (Å²) in [6.45, 7) is 4.07. The average Bonchev–Trinajstić information content (AvgIpc) is 3.03. The van der Waals surface area contributed by atoms with Crippen LogP contribution in [0.2, 0.25) is 0 Å². The van der Waals surface area contributed by atoms with Crippen LogP contribution in [0.4, 0.5) is 0 Å². The maximum atomic E-state index is 12.4. The Labute approximate surface area is 123 Å². The molecule has 0 saturated heterocycles. The number of aliphatic hydroxyl groups excluding tert-OH is 1. The highest BCUT2D eigenvalue weighted by Gasteiger charge is 2.24. The molecule has 0 unspecified atom stereocenters. The van der Waals surface area contributed by atoms with Gasteiger partial charge in [0.25, 0.3) is 0 Å². The molecule has 0 aliphatic carbocycles. The SMILES string of the molecule is Cc1nn(CCCO)c(C)c1S(=O)(=O)NCc1cn[nH]c1. The first-order valence-electron chi connectivity index (χ1n) is 6.58. The van der Waals surface area contributed by atoms with E-state index in [-0.39, 0.29) is 18.0 Å². The molecular formula is C12H19N5O3S. The number of aromatic amines is 1. The van der Waals surface area contributed by atoms with E-state index in [1.54, 1.807) is 30.9 Å². The van der Waals surface area contributed by atoms with Gasteiger partial charge >= 0.3 is 0 Å². The number of aliphatic hydroxyl groups is 1. The molecular weight excluding hydrogens is 294 g/mol. The van der Waals surface area contributed by atoms with Gasteiger partial charge in [0.05, 0.1) is 17.6 Å². The van der Waals surface area contributed by atoms with Crippen molar-refractivity contribution in [2.24, 2.45) is 0 Å². The lowest BCUT2D eigenvalue weighted by atomic mass is 10.4. The molecule has 3 N–H and O–H groups in total. The van der Waals surface area contributed by atoms with E-state index < -0.39 is 10.0 Å². The lowest BCUT2D eigenvalue weighted by molar-refractivity contribution is 0.276. The quantitative estimate of drug-likeness (QED) is 0.670. The van der Waals surface area contributed by atoms with E-state index in [1.807, 2.05) is 0 Å². The normalized spacial score (nSPS) is 12.0. The molecule has 0 spiro atoms. The van der Waals surface area contributed by atoms with E-state index in [9.17, 15) is 8.42 Å². The lowest BCUT2D eigenvalue weighted by Crippen LogP contribution is -2.24. The minimum absolute atomic E-state index is 0.0408. The highest BCUT2D eigenvalue weighted by Crippen LogP contribution is 2.19. The van der Waals surface area contributed by atoms with Crippen molar-refractivity contribution in [3.05, 3.63) is 29.3 Å². The fraction of sp³-hybridized carbons (Fsp3) is 0.500. The zero-order valence-electron chi connectivity index (χ0n) is 12.0. The summed E-state index contributed by atoms with van der Waals surface area (Å²) < 4.78 is 29.0. The van der Waals surface area contributed by atoms with Crippen molar-refractivity contribution in [1.29, 1.82) is 0 Å². The lowest BCUT2D eigenvalue weighted by Gasteiger charge is -2.07. The third-order valence-electron chi connectivity index (χ3n) is 3.13. The molecule has 0 bridgehead atoms. The highest BCUT2D eigenvalue weighted by molar-refractivity contribution is 7.89. The molecule has 9 heteroatoms. The molecule has 2 aromatic rings. The van der Waals surface area contributed by atoms with Crippen LogP contribution in [0, 0.1) is 13.8 Å². The van der Waals surface area contributed by atoms with Crippen LogP contribution in [0.1, 0.15) is 23.4 Å². The first-order chi connectivity index (χ1) is 9.95. The van der Waals surface area contributed by atoms with Gasteiger partial charge in [0.15, 0.2) is 0 Å². The van der Waals surface area contributed by atoms with E-state index in [4.69, 9.17) is 5.11 Å². The fourth-order valence-corrected chi connectivity index (χ4v) is 3.56. The third-order valence-corrected chi connectivity index (χ3v) is 4.79. The molecule has 2 heterocycles. The summed E-state index contributed by atoms with van der Waals surface area (Å²) in [4.78, 5) is 0.198. The molecule has 2 aromatic heterocycles. The van der Waals surface area contributed by atoms with Crippen LogP contribution in [-0.2, 0) is 23.1 Å². The van der Waals surface area contributed by atoms with Gasteiger partial charge in [0.2, 0.25) is 10.0 Å². The smallest absolute Gasteiger partial charge is 0.244 e. The van der Waals surface area contributed by atoms with Crippen LogP contribution in [0.25, 0.3) is 0 Å². The number of sulfonamides is 1. The van der Waals surface area contributed by atoms with Crippen molar-refractivity contribution in [2.45, 2.75) is 38.3 Å². The van der Waals surface area contributed by atoms with Crippen LogP contribution in [0.15, 0.2) is 17.3 Å². The molecule has 0 aliphatic rings. The van der Waals surface area contributed by atoms with Crippen LogP contribution < -0.4 is 4.72 Å². The van der Waals surface area contributed by atoms with Crippen molar-refractivity contribution in [3.63, 3.8) is 0 Å². The minimum atomic E-state index is -3.64. The molecule has 116 valence electrons. The molecule has 21 heavy (non-hydrogen) atoms. The minimum Gasteiger partial charge on any atom is -0.396 e. The van der Waals surface area contributed by atoms with E-state index in [0.29, 0.717) is 24.4 Å². The average molecular weight is 313 g/mol. The van der Waals surface area contributed by atoms with Gasteiger partial charge in [-0.2, -0.15) is 10.2 Å². The number of aromatic nitrogens is 4. The fourth-order valence-electron chi connectivity index (χ4n) is 2.13. The summed E-state index contributed by atoms with van der Waals surface area (Å²) in [6, 6.07) is 0. The van der Waals surface area contributed by atoms with Crippen LogP contribution >= 0.6 is 0 Å². The molecule has 0 saturated carbocycles. The van der Waals surface area contributed by atoms with Gasteiger partial charge in [-0.1, -0.05) is 0 Å². The van der Waals surface area contributed by atoms with Crippen LogP contribution in [-0.4, -0.2) is 40.1 Å². The Hall–Kier alpha value is -1.71. The zero-order valence-corrected chi connectivity index (χ0v) is 12.8. The summed E-state index contributed by atoms with van der Waals surface area (Å²) in [5.41, 5.74) is 1.77. The van der Waals surface area contributed by atoms with Crippen LogP contribution in [0.5, 0.6) is 0 Å². The Bertz CT molecular complexity index is 691. The number of aryl methyl sites for hydroxylation is 2. The van der Waals surface area contributed by atoms with Crippen molar-refractivity contribution in [2.75, 3.05) is 6.61 Å². The first kappa shape index (κ1) is 15.7. The second-order valence-electron chi connectivity index (χ2n) is 4.73. The summed E-state index contributed by atoms with van der Waals surface area (Å²) in [6.07, 6.45) is 3.73. The van der Waals surface area contributed by atoms with Crippen molar-refractivity contribution in [3.8, 4) is 0 Å². The van der Waals surface area contributed by atoms with Crippen molar-refractivity contribution in [1.82, 2.24) is 24.7 Å². The molecule has 0 aromatic carbocycles. The van der Waals surface area contributed by atoms with Gasteiger partial charge in [-0.05, 0) is 20.3 Å². The number of nitrogens with zero attached hydrogens (tertiary/aromatic N) is 3. The topological polar surface area (TPSA) is 113 Å². The van der Waals surface area contributed by atoms with Gasteiger partial charge in [0.1, 0.15) is 4.90 Å². The maximum Gasteiger partial charge on any atom is 0.244 e. The Morgan fingerprint density at radius 3 is 2.81 bits per heavy atom. The Balaban J connectivity index is 2.21. The Morgan fingerprint density at radius 2 is 2.19 bits per heavy atom. The third kappa shape index (κ3) is 3.49. The monoisotopic (exact) mass is 313 g/mol. The summed E-state index contributed by atoms with van der Waals surface area (Å²) in [7, 11) is -3.64. The molecule has 0 atom stereocenters. The highest BCUT2D eigenvalue weighted by atomic mass is 32.2. The number of rotatable bonds is 7. The van der Waals surface area contributed by atoms with Crippen molar-refractivity contribution < 1.29 is 13.5 Å². The number of hydrogen-bond acceptors (Lipinski definition) is 5. The second kappa shape index (κ2) is 6.37. The zero-order chi connectivity index (χ0) is 15.5. The molecule has 0 aliphatic heterocycles. The van der Waals surface area contributed by atoms with Gasteiger partial charge in [-0.25, -0.2) is 13.1 Å². The van der Waals surface area contributed by atoms with E-state index >= 15 is 0 Å². The van der Waals surface area contributed by atoms with Crippen molar-refractivity contribution >= 4 is 10.0 Å². The van der Waals surface area contributed by atoms with Gasteiger partial charge in [-0.3, -0.25) is 9.78 Å². The standard InChI is InChI=1S/C12H19N5O3S/c1-9-12(10(2)17(16-9)4-3-5-18)21(19,20)15-8-11-6-13-14-7-11/h6-7,15,18H,3-5,8H2,1-2H3,(H,13,14). The van der Waals surface area contributed by atoms with Gasteiger partial charge in [0, 0.05) is 31.5 Å². The molecule has 2 rings (SSSR count). The van der Waals surface area contributed by atoms with Gasteiger partial charge < -0.3 is 5.11 Å². The molecule has 0 amide bonds. The predicted molar refractivity (Wildman–Crippen MR) is 76.0 cm³/mol. The number of hydrogen-bond donors (Lipinski definition) is 3. The number of nitrogens with one attached hydrogen (secondary N) is 2. The summed E-state index contributed by atoms with van der Waals surface area (Å²) in [5.74, 6) is 0. The molecule has 0 radical (unpaired) electrons. The summed E-state index contributed by atoms with van der Waals surface area (Å²) >= 11 is 0. The predicted octanol–water partition coefficient (Wildman–Crippen LogP) is 0.0839.